The molecule has 0 aliphatic carbocycles. The Kier molecular flexibility index (Phi) is 2.79. The Balaban J connectivity index is 2.28. The largest absolute Gasteiger partial charge is 0.454 e. The summed E-state index contributed by atoms with van der Waals surface area (Å²) >= 11 is 0. The molecule has 15 heavy (non-hydrogen) atoms. The summed E-state index contributed by atoms with van der Waals surface area (Å²) in [5.74, 6) is 1.63. The second-order valence-corrected chi connectivity index (χ2v) is 3.83. The number of nitrogens with zero attached hydrogens (tertiary/aromatic N) is 1. The summed E-state index contributed by atoms with van der Waals surface area (Å²) < 4.78 is 10.6. The van der Waals surface area contributed by atoms with Crippen molar-refractivity contribution in [3.8, 4) is 11.5 Å². The lowest BCUT2D eigenvalue weighted by atomic mass is 10.1. The zero-order valence-corrected chi connectivity index (χ0v) is 9.06. The maximum atomic E-state index is 5.74. The molecule has 0 fully saturated rings. The van der Waals surface area contributed by atoms with E-state index in [1.807, 2.05) is 32.3 Å². The first-order chi connectivity index (χ1) is 7.22. The molecule has 1 aromatic rings. The Bertz CT molecular complexity index is 352. The highest BCUT2D eigenvalue weighted by Crippen LogP contribution is 2.34. The first-order valence-corrected chi connectivity index (χ1v) is 4.98. The van der Waals surface area contributed by atoms with Crippen LogP contribution in [0.4, 0.5) is 0 Å². The number of hydrogen-bond acceptors (Lipinski definition) is 4. The van der Waals surface area contributed by atoms with Crippen molar-refractivity contribution in [2.24, 2.45) is 5.73 Å². The molecule has 2 rings (SSSR count). The van der Waals surface area contributed by atoms with Crippen LogP contribution in [0.25, 0.3) is 0 Å². The maximum absolute atomic E-state index is 5.74. The normalized spacial score (nSPS) is 15.7. The molecule has 0 bridgehead atoms. The molecule has 0 unspecified atom stereocenters. The average Bonchev–Trinajstić information content (AvgIpc) is 2.65. The second-order valence-electron chi connectivity index (χ2n) is 3.83. The lowest BCUT2D eigenvalue weighted by Crippen LogP contribution is -2.27. The fourth-order valence-corrected chi connectivity index (χ4v) is 1.77. The summed E-state index contributed by atoms with van der Waals surface area (Å²) in [5.41, 5.74) is 6.90. The van der Waals surface area contributed by atoms with Crippen molar-refractivity contribution in [2.45, 2.75) is 6.04 Å². The molecule has 0 saturated heterocycles. The van der Waals surface area contributed by atoms with E-state index >= 15 is 0 Å². The Hall–Kier alpha value is -1.26. The Morgan fingerprint density at radius 3 is 2.73 bits per heavy atom. The minimum atomic E-state index is 0.222. The summed E-state index contributed by atoms with van der Waals surface area (Å²) in [4.78, 5) is 2.09. The van der Waals surface area contributed by atoms with E-state index in [-0.39, 0.29) is 6.04 Å². The summed E-state index contributed by atoms with van der Waals surface area (Å²) in [7, 11) is 4.03. The van der Waals surface area contributed by atoms with Crippen LogP contribution in [0.5, 0.6) is 11.5 Å². The van der Waals surface area contributed by atoms with Crippen LogP contribution in [0.3, 0.4) is 0 Å². The van der Waals surface area contributed by atoms with Crippen molar-refractivity contribution in [1.82, 2.24) is 4.90 Å². The molecule has 1 atom stereocenters. The second kappa shape index (κ2) is 4.08. The SMILES string of the molecule is CN(C)[C@H](CN)c1ccc2c(c1)OCO2. The van der Waals surface area contributed by atoms with E-state index in [2.05, 4.69) is 4.90 Å². The van der Waals surface area contributed by atoms with E-state index in [1.165, 1.54) is 0 Å². The monoisotopic (exact) mass is 208 g/mol. The Morgan fingerprint density at radius 2 is 2.07 bits per heavy atom. The number of fused-ring (bicyclic) bond motifs is 1. The third kappa shape index (κ3) is 1.91. The van der Waals surface area contributed by atoms with Crippen LogP contribution in [-0.2, 0) is 0 Å². The van der Waals surface area contributed by atoms with Crippen LogP contribution < -0.4 is 15.2 Å². The van der Waals surface area contributed by atoms with Gasteiger partial charge >= 0.3 is 0 Å². The number of ether oxygens (including phenoxy) is 2. The van der Waals surface area contributed by atoms with Gasteiger partial charge in [0.1, 0.15) is 0 Å². The first-order valence-electron chi connectivity index (χ1n) is 4.98. The molecule has 1 heterocycles. The van der Waals surface area contributed by atoms with Crippen LogP contribution in [0.15, 0.2) is 18.2 Å². The zero-order chi connectivity index (χ0) is 10.8. The standard InChI is InChI=1S/C11H16N2O2/c1-13(2)9(6-12)8-3-4-10-11(5-8)15-7-14-10/h3-5,9H,6-7,12H2,1-2H3/t9-/m1/s1. The van der Waals surface area contributed by atoms with Gasteiger partial charge in [-0.15, -0.1) is 0 Å². The van der Waals surface area contributed by atoms with Gasteiger partial charge < -0.3 is 20.1 Å². The van der Waals surface area contributed by atoms with Gasteiger partial charge in [0.2, 0.25) is 6.79 Å². The lowest BCUT2D eigenvalue weighted by molar-refractivity contribution is 0.174. The fraction of sp³-hybridized carbons (Fsp3) is 0.455. The summed E-state index contributed by atoms with van der Waals surface area (Å²) in [6.07, 6.45) is 0. The third-order valence-electron chi connectivity index (χ3n) is 2.63. The third-order valence-corrected chi connectivity index (χ3v) is 2.63. The van der Waals surface area contributed by atoms with E-state index in [4.69, 9.17) is 15.2 Å². The van der Waals surface area contributed by atoms with E-state index < -0.39 is 0 Å². The summed E-state index contributed by atoms with van der Waals surface area (Å²) in [5, 5.41) is 0. The van der Waals surface area contributed by atoms with Crippen molar-refractivity contribution in [3.05, 3.63) is 23.8 Å². The van der Waals surface area contributed by atoms with Crippen LogP contribution in [0.2, 0.25) is 0 Å². The molecule has 1 aliphatic rings. The molecule has 0 spiro atoms. The van der Waals surface area contributed by atoms with Gasteiger partial charge in [-0.05, 0) is 31.8 Å². The number of hydrogen-bond donors (Lipinski definition) is 1. The molecule has 82 valence electrons. The lowest BCUT2D eigenvalue weighted by Gasteiger charge is -2.23. The zero-order valence-electron chi connectivity index (χ0n) is 9.06. The van der Waals surface area contributed by atoms with Gasteiger partial charge in [0.15, 0.2) is 11.5 Å². The van der Waals surface area contributed by atoms with Crippen LogP contribution >= 0.6 is 0 Å². The smallest absolute Gasteiger partial charge is 0.231 e. The van der Waals surface area contributed by atoms with Crippen LogP contribution in [0.1, 0.15) is 11.6 Å². The number of likely N-dealkylation sites (N-methyl/N-ethyl adjacent to an activating group) is 1. The first kappa shape index (κ1) is 10.3. The summed E-state index contributed by atoms with van der Waals surface area (Å²) in [6.45, 7) is 0.903. The molecular formula is C11H16N2O2. The molecule has 0 radical (unpaired) electrons. The van der Waals surface area contributed by atoms with Crippen molar-refractivity contribution in [3.63, 3.8) is 0 Å². The van der Waals surface area contributed by atoms with Gasteiger partial charge in [0.25, 0.3) is 0 Å². The Morgan fingerprint density at radius 1 is 1.33 bits per heavy atom. The van der Waals surface area contributed by atoms with Crippen molar-refractivity contribution < 1.29 is 9.47 Å². The quantitative estimate of drug-likeness (QED) is 0.804. The number of nitrogens with two attached hydrogens (primary N) is 1. The minimum Gasteiger partial charge on any atom is -0.454 e. The van der Waals surface area contributed by atoms with Crippen molar-refractivity contribution >= 4 is 0 Å². The molecule has 0 amide bonds. The van der Waals surface area contributed by atoms with E-state index in [9.17, 15) is 0 Å². The summed E-state index contributed by atoms with van der Waals surface area (Å²) in [6, 6.07) is 6.19. The molecule has 4 heteroatoms. The van der Waals surface area contributed by atoms with Crippen LogP contribution in [0, 0.1) is 0 Å². The van der Waals surface area contributed by atoms with Gasteiger partial charge in [-0.25, -0.2) is 0 Å². The Labute approximate surface area is 89.6 Å². The highest BCUT2D eigenvalue weighted by molar-refractivity contribution is 5.45. The molecule has 1 aliphatic heterocycles. The van der Waals surface area contributed by atoms with Crippen molar-refractivity contribution in [1.29, 1.82) is 0 Å². The predicted molar refractivity (Wildman–Crippen MR) is 58.0 cm³/mol. The average molecular weight is 208 g/mol. The van der Waals surface area contributed by atoms with Gasteiger partial charge in [-0.3, -0.25) is 0 Å². The molecule has 0 saturated carbocycles. The van der Waals surface area contributed by atoms with Gasteiger partial charge in [0, 0.05) is 12.6 Å². The number of benzene rings is 1. The molecule has 1 aromatic carbocycles. The van der Waals surface area contributed by atoms with Gasteiger partial charge in [-0.2, -0.15) is 0 Å². The minimum absolute atomic E-state index is 0.222. The topological polar surface area (TPSA) is 47.7 Å². The maximum Gasteiger partial charge on any atom is 0.231 e. The highest BCUT2D eigenvalue weighted by Gasteiger charge is 2.18. The fourth-order valence-electron chi connectivity index (χ4n) is 1.77. The molecule has 2 N–H and O–H groups in total. The molecular weight excluding hydrogens is 192 g/mol. The molecule has 0 aromatic heterocycles. The molecule has 4 nitrogen and oxygen atoms in total. The highest BCUT2D eigenvalue weighted by atomic mass is 16.7. The van der Waals surface area contributed by atoms with E-state index in [0.717, 1.165) is 17.1 Å². The van der Waals surface area contributed by atoms with Gasteiger partial charge in [0.05, 0.1) is 0 Å². The van der Waals surface area contributed by atoms with Gasteiger partial charge in [-0.1, -0.05) is 6.07 Å². The van der Waals surface area contributed by atoms with E-state index in [0.29, 0.717) is 13.3 Å². The van der Waals surface area contributed by atoms with Crippen LogP contribution in [-0.4, -0.2) is 32.3 Å². The van der Waals surface area contributed by atoms with E-state index in [1.54, 1.807) is 0 Å². The number of rotatable bonds is 3. The predicted octanol–water partition coefficient (Wildman–Crippen LogP) is 0.977. The van der Waals surface area contributed by atoms with Crippen molar-refractivity contribution in [2.75, 3.05) is 27.4 Å².